The molecule has 0 bridgehead atoms. The number of hydrogen-bond acceptors (Lipinski definition) is 8. The first-order valence-electron chi connectivity index (χ1n) is 9.03. The maximum atomic E-state index is 11.3. The molecule has 1 aliphatic carbocycles. The SMILES string of the molecule is CC(=O)/C=C/C1=C(C)[C@@H](O)[C@@H](O[C@@H]2O[C@H](CO)[C@@H](O)[C@H](O)[C@H]2O)CC1(C)C. The first-order valence-corrected chi connectivity index (χ1v) is 9.03. The third-order valence-corrected chi connectivity index (χ3v) is 5.30. The van der Waals surface area contributed by atoms with Crippen molar-refractivity contribution in [3.63, 3.8) is 0 Å². The van der Waals surface area contributed by atoms with E-state index in [1.165, 1.54) is 13.0 Å². The van der Waals surface area contributed by atoms with Crippen LogP contribution in [0, 0.1) is 5.41 Å². The van der Waals surface area contributed by atoms with Crippen LogP contribution in [0.15, 0.2) is 23.3 Å². The van der Waals surface area contributed by atoms with E-state index in [9.17, 15) is 30.3 Å². The zero-order valence-electron chi connectivity index (χ0n) is 16.1. The lowest BCUT2D eigenvalue weighted by Crippen LogP contribution is -2.60. The van der Waals surface area contributed by atoms with E-state index < -0.39 is 54.9 Å². The summed E-state index contributed by atoms with van der Waals surface area (Å²) in [5.41, 5.74) is 1.05. The first-order chi connectivity index (χ1) is 12.5. The van der Waals surface area contributed by atoms with Crippen LogP contribution in [0.3, 0.4) is 0 Å². The molecule has 7 atom stereocenters. The van der Waals surface area contributed by atoms with Crippen molar-refractivity contribution in [1.82, 2.24) is 0 Å². The molecule has 0 amide bonds. The Hall–Kier alpha value is -1.13. The maximum Gasteiger partial charge on any atom is 0.187 e. The topological polar surface area (TPSA) is 137 Å². The van der Waals surface area contributed by atoms with Gasteiger partial charge in [0.15, 0.2) is 12.1 Å². The molecule has 1 aliphatic heterocycles. The van der Waals surface area contributed by atoms with Crippen LogP contribution >= 0.6 is 0 Å². The highest BCUT2D eigenvalue weighted by Gasteiger charge is 2.47. The molecule has 2 rings (SSSR count). The summed E-state index contributed by atoms with van der Waals surface area (Å²) in [5, 5.41) is 49.8. The van der Waals surface area contributed by atoms with Crippen molar-refractivity contribution in [1.29, 1.82) is 0 Å². The largest absolute Gasteiger partial charge is 0.394 e. The number of ether oxygens (including phenoxy) is 2. The van der Waals surface area contributed by atoms with E-state index in [-0.39, 0.29) is 5.78 Å². The van der Waals surface area contributed by atoms with Crippen LogP contribution in [0.5, 0.6) is 0 Å². The fraction of sp³-hybridized carbons (Fsp3) is 0.737. The summed E-state index contributed by atoms with van der Waals surface area (Å²) in [5.74, 6) is -0.0970. The Morgan fingerprint density at radius 2 is 1.85 bits per heavy atom. The molecule has 0 aromatic rings. The molecule has 0 saturated carbocycles. The van der Waals surface area contributed by atoms with E-state index in [4.69, 9.17) is 9.47 Å². The molecule has 27 heavy (non-hydrogen) atoms. The second kappa shape index (κ2) is 8.48. The number of hydrogen-bond donors (Lipinski definition) is 5. The first kappa shape index (κ1) is 22.2. The van der Waals surface area contributed by atoms with E-state index >= 15 is 0 Å². The maximum absolute atomic E-state index is 11.3. The normalized spacial score (nSPS) is 39.8. The van der Waals surface area contributed by atoms with Crippen molar-refractivity contribution in [2.75, 3.05) is 6.61 Å². The average Bonchev–Trinajstić information content (AvgIpc) is 2.59. The fourth-order valence-corrected chi connectivity index (χ4v) is 3.73. The minimum Gasteiger partial charge on any atom is -0.394 e. The summed E-state index contributed by atoms with van der Waals surface area (Å²) >= 11 is 0. The predicted molar refractivity (Wildman–Crippen MR) is 95.6 cm³/mol. The lowest BCUT2D eigenvalue weighted by Gasteiger charge is -2.45. The quantitative estimate of drug-likeness (QED) is 0.396. The highest BCUT2D eigenvalue weighted by molar-refractivity contribution is 5.87. The fourth-order valence-electron chi connectivity index (χ4n) is 3.73. The highest BCUT2D eigenvalue weighted by Crippen LogP contribution is 2.43. The second-order valence-corrected chi connectivity index (χ2v) is 7.95. The van der Waals surface area contributed by atoms with Crippen molar-refractivity contribution in [3.05, 3.63) is 23.3 Å². The third-order valence-electron chi connectivity index (χ3n) is 5.30. The zero-order chi connectivity index (χ0) is 20.5. The third kappa shape index (κ3) is 4.65. The van der Waals surface area contributed by atoms with Crippen LogP contribution in [-0.4, -0.2) is 80.8 Å². The number of carbonyl (C=O) groups is 1. The Bertz CT molecular complexity index is 609. The molecule has 0 spiro atoms. The number of rotatable bonds is 5. The van der Waals surface area contributed by atoms with Crippen LogP contribution in [0.25, 0.3) is 0 Å². The molecule has 1 saturated heterocycles. The van der Waals surface area contributed by atoms with Crippen LogP contribution in [0.2, 0.25) is 0 Å². The van der Waals surface area contributed by atoms with Crippen molar-refractivity contribution in [3.8, 4) is 0 Å². The lowest BCUT2D eigenvalue weighted by atomic mass is 9.70. The minimum atomic E-state index is -1.54. The summed E-state index contributed by atoms with van der Waals surface area (Å²) in [4.78, 5) is 11.3. The van der Waals surface area contributed by atoms with Crippen molar-refractivity contribution in [2.24, 2.45) is 5.41 Å². The Balaban J connectivity index is 2.22. The molecule has 8 heteroatoms. The van der Waals surface area contributed by atoms with Gasteiger partial charge in [-0.2, -0.15) is 0 Å². The summed E-state index contributed by atoms with van der Waals surface area (Å²) < 4.78 is 11.1. The lowest BCUT2D eigenvalue weighted by molar-refractivity contribution is -0.318. The molecule has 1 heterocycles. The number of aliphatic hydroxyl groups is 5. The van der Waals surface area contributed by atoms with E-state index in [0.717, 1.165) is 5.57 Å². The highest BCUT2D eigenvalue weighted by atomic mass is 16.7. The molecule has 8 nitrogen and oxygen atoms in total. The van der Waals surface area contributed by atoms with E-state index in [0.29, 0.717) is 12.0 Å². The van der Waals surface area contributed by atoms with Crippen molar-refractivity contribution < 1.29 is 39.8 Å². The zero-order valence-corrected chi connectivity index (χ0v) is 16.1. The van der Waals surface area contributed by atoms with Crippen LogP contribution in [0.4, 0.5) is 0 Å². The Kier molecular flexibility index (Phi) is 6.96. The van der Waals surface area contributed by atoms with Crippen LogP contribution < -0.4 is 0 Å². The number of allylic oxidation sites excluding steroid dienone is 3. The summed E-state index contributed by atoms with van der Waals surface area (Å²) in [6.07, 6.45) is -5.14. The summed E-state index contributed by atoms with van der Waals surface area (Å²) in [6.45, 7) is 6.54. The smallest absolute Gasteiger partial charge is 0.187 e. The standard InChI is InChI=1S/C19H30O8/c1-9(21)5-6-11-10(2)14(22)12(7-19(11,3)4)26-18-17(25)16(24)15(23)13(8-20)27-18/h5-6,12-18,20,22-25H,7-8H2,1-4H3/b6-5+/t12-,13+,14+,15+,16-,17+,18+/m0/s1. The predicted octanol–water partition coefficient (Wildman–Crippen LogP) is -0.576. The molecule has 5 N–H and O–H groups in total. The van der Waals surface area contributed by atoms with Gasteiger partial charge < -0.3 is 35.0 Å². The van der Waals surface area contributed by atoms with Gasteiger partial charge in [-0.1, -0.05) is 19.9 Å². The van der Waals surface area contributed by atoms with Gasteiger partial charge >= 0.3 is 0 Å². The molecule has 2 aliphatic rings. The Labute approximate surface area is 158 Å². The van der Waals surface area contributed by atoms with Gasteiger partial charge in [-0.05, 0) is 42.9 Å². The van der Waals surface area contributed by atoms with Gasteiger partial charge in [0.2, 0.25) is 0 Å². The molecule has 0 unspecified atom stereocenters. The van der Waals surface area contributed by atoms with E-state index in [1.54, 1.807) is 13.0 Å². The molecule has 0 aromatic carbocycles. The van der Waals surface area contributed by atoms with Crippen molar-refractivity contribution >= 4 is 5.78 Å². The molecule has 0 radical (unpaired) electrons. The van der Waals surface area contributed by atoms with E-state index in [1.807, 2.05) is 13.8 Å². The monoisotopic (exact) mass is 386 g/mol. The number of aliphatic hydroxyl groups excluding tert-OH is 5. The molecular weight excluding hydrogens is 356 g/mol. The van der Waals surface area contributed by atoms with Gasteiger partial charge in [-0.3, -0.25) is 4.79 Å². The Morgan fingerprint density at radius 1 is 1.22 bits per heavy atom. The molecular formula is C19H30O8. The summed E-state index contributed by atoms with van der Waals surface area (Å²) in [7, 11) is 0. The van der Waals surface area contributed by atoms with Crippen LogP contribution in [0.1, 0.15) is 34.1 Å². The van der Waals surface area contributed by atoms with E-state index in [2.05, 4.69) is 0 Å². The summed E-state index contributed by atoms with van der Waals surface area (Å²) in [6, 6.07) is 0. The molecule has 1 fully saturated rings. The van der Waals surface area contributed by atoms with Gasteiger partial charge in [0.05, 0.1) is 12.7 Å². The van der Waals surface area contributed by atoms with Gasteiger partial charge in [0.25, 0.3) is 0 Å². The number of carbonyl (C=O) groups excluding carboxylic acids is 1. The second-order valence-electron chi connectivity index (χ2n) is 7.95. The molecule has 0 aromatic heterocycles. The van der Waals surface area contributed by atoms with Gasteiger partial charge in [0.1, 0.15) is 30.5 Å². The van der Waals surface area contributed by atoms with Crippen molar-refractivity contribution in [2.45, 2.75) is 77.0 Å². The molecule has 154 valence electrons. The van der Waals surface area contributed by atoms with Gasteiger partial charge in [-0.25, -0.2) is 0 Å². The van der Waals surface area contributed by atoms with Gasteiger partial charge in [-0.15, -0.1) is 0 Å². The van der Waals surface area contributed by atoms with Crippen LogP contribution in [-0.2, 0) is 14.3 Å². The minimum absolute atomic E-state index is 0.0970. The number of ketones is 1. The Morgan fingerprint density at radius 3 is 2.41 bits per heavy atom. The van der Waals surface area contributed by atoms with Gasteiger partial charge in [0, 0.05) is 0 Å². The average molecular weight is 386 g/mol.